The highest BCUT2D eigenvalue weighted by Crippen LogP contribution is 2.21. The lowest BCUT2D eigenvalue weighted by Gasteiger charge is -2.29. The highest BCUT2D eigenvalue weighted by Gasteiger charge is 2.15. The van der Waals surface area contributed by atoms with Gasteiger partial charge in [0.25, 0.3) is 5.91 Å². The highest BCUT2D eigenvalue weighted by molar-refractivity contribution is 6.32. The Bertz CT molecular complexity index is 1050. The minimum Gasteiger partial charge on any atom is -0.393 e. The van der Waals surface area contributed by atoms with Gasteiger partial charge in [0.15, 0.2) is 11.0 Å². The van der Waals surface area contributed by atoms with Crippen LogP contribution in [0.25, 0.3) is 0 Å². The zero-order chi connectivity index (χ0) is 23.1. The zero-order valence-corrected chi connectivity index (χ0v) is 18.3. The van der Waals surface area contributed by atoms with E-state index in [1.54, 1.807) is 6.07 Å². The van der Waals surface area contributed by atoms with Crippen molar-refractivity contribution in [3.05, 3.63) is 70.9 Å². The summed E-state index contributed by atoms with van der Waals surface area (Å²) >= 11 is 5.46. The number of benzene rings is 2. The van der Waals surface area contributed by atoms with E-state index in [9.17, 15) is 9.18 Å². The van der Waals surface area contributed by atoms with Crippen LogP contribution in [0.1, 0.15) is 15.9 Å². The van der Waals surface area contributed by atoms with Gasteiger partial charge in [-0.1, -0.05) is 29.3 Å². The lowest BCUT2D eigenvalue weighted by atomic mass is 10.1. The van der Waals surface area contributed by atoms with E-state index < -0.39 is 5.82 Å². The number of nitrogen functional groups attached to an aromatic ring is 2. The maximum absolute atomic E-state index is 13.9. The number of ether oxygens (including phenoxy) is 1. The van der Waals surface area contributed by atoms with Crippen molar-refractivity contribution < 1.29 is 13.9 Å². The number of hydrogen-bond acceptors (Lipinski definition) is 7. The highest BCUT2D eigenvalue weighted by atomic mass is 35.5. The summed E-state index contributed by atoms with van der Waals surface area (Å²) in [5.41, 5.74) is 13.6. The van der Waals surface area contributed by atoms with Crippen molar-refractivity contribution in [1.82, 2.24) is 9.97 Å². The first-order chi connectivity index (χ1) is 15.3. The van der Waals surface area contributed by atoms with Gasteiger partial charge in [0.1, 0.15) is 17.8 Å². The van der Waals surface area contributed by atoms with Crippen LogP contribution < -0.4 is 21.7 Å². The number of hydrogen-bond donors (Lipinski definition) is 3. The summed E-state index contributed by atoms with van der Waals surface area (Å²) in [5.74, 6) is -0.513. The van der Waals surface area contributed by atoms with Crippen molar-refractivity contribution in [1.29, 1.82) is 0 Å². The molecule has 0 radical (unpaired) electrons. The summed E-state index contributed by atoms with van der Waals surface area (Å²) in [5, 5.41) is 2.99. The first-order valence-corrected chi connectivity index (χ1v) is 10.2. The van der Waals surface area contributed by atoms with Gasteiger partial charge in [0, 0.05) is 30.0 Å². The fourth-order valence-electron chi connectivity index (χ4n) is 2.94. The Kier molecular flexibility index (Phi) is 7.80. The van der Waals surface area contributed by atoms with E-state index in [-0.39, 0.29) is 22.6 Å². The Hall–Kier alpha value is -3.43. The van der Waals surface area contributed by atoms with Crippen molar-refractivity contribution in [3.63, 3.8) is 0 Å². The van der Waals surface area contributed by atoms with Gasteiger partial charge >= 0.3 is 0 Å². The molecule has 2 heterocycles. The van der Waals surface area contributed by atoms with E-state index in [1.165, 1.54) is 18.5 Å². The number of nitrogens with zero attached hydrogens (tertiary/aromatic N) is 3. The minimum atomic E-state index is -0.414. The second-order valence-electron chi connectivity index (χ2n) is 7.08. The molecule has 2 aromatic carbocycles. The topological polar surface area (TPSA) is 119 Å². The van der Waals surface area contributed by atoms with Crippen LogP contribution >= 0.6 is 11.6 Å². The Morgan fingerprint density at radius 1 is 1.12 bits per heavy atom. The van der Waals surface area contributed by atoms with E-state index in [0.29, 0.717) is 43.2 Å². The Morgan fingerprint density at radius 2 is 1.81 bits per heavy atom. The smallest absolute Gasteiger partial charge is 0.255 e. The molecule has 0 aliphatic carbocycles. The van der Waals surface area contributed by atoms with Crippen LogP contribution in [-0.4, -0.2) is 42.2 Å². The number of amides is 1. The molecule has 0 atom stereocenters. The van der Waals surface area contributed by atoms with Crippen LogP contribution in [0.3, 0.4) is 0 Å². The quantitative estimate of drug-likeness (QED) is 0.513. The Morgan fingerprint density at radius 3 is 2.44 bits per heavy atom. The predicted octanol–water partition coefficient (Wildman–Crippen LogP) is 3.52. The molecule has 1 aliphatic rings. The normalized spacial score (nSPS) is 13.2. The molecule has 0 bridgehead atoms. The van der Waals surface area contributed by atoms with Crippen LogP contribution in [0.5, 0.6) is 0 Å². The molecule has 1 amide bonds. The van der Waals surface area contributed by atoms with Gasteiger partial charge < -0.3 is 26.4 Å². The molecule has 3 aromatic rings. The second-order valence-corrected chi connectivity index (χ2v) is 7.44. The predicted molar refractivity (Wildman–Crippen MR) is 124 cm³/mol. The average molecular weight is 459 g/mol. The molecule has 4 rings (SSSR count). The first kappa shape index (κ1) is 23.2. The molecular formula is C22H24ClFN6O2. The molecule has 1 aliphatic heterocycles. The van der Waals surface area contributed by atoms with Gasteiger partial charge in [-0.05, 0) is 37.3 Å². The van der Waals surface area contributed by atoms with Crippen LogP contribution in [-0.2, 0) is 4.74 Å². The molecular weight excluding hydrogens is 435 g/mol. The summed E-state index contributed by atoms with van der Waals surface area (Å²) in [7, 11) is 0. The second kappa shape index (κ2) is 10.7. The van der Waals surface area contributed by atoms with Crippen LogP contribution in [0, 0.1) is 12.7 Å². The molecule has 10 heteroatoms. The lowest BCUT2D eigenvalue weighted by molar-refractivity contribution is 0.102. The van der Waals surface area contributed by atoms with Crippen molar-refractivity contribution in [2.45, 2.75) is 6.92 Å². The van der Waals surface area contributed by atoms with Gasteiger partial charge in [0.2, 0.25) is 0 Å². The summed E-state index contributed by atoms with van der Waals surface area (Å²) in [6.45, 7) is 4.60. The SMILES string of the molecule is Cc1ccc(NC(=O)c2cc(F)cc(N3CCOCC3)c2)cc1.Nc1ncnc(Cl)c1N. The summed E-state index contributed by atoms with van der Waals surface area (Å²) < 4.78 is 19.2. The largest absolute Gasteiger partial charge is 0.393 e. The summed E-state index contributed by atoms with van der Waals surface area (Å²) in [4.78, 5) is 21.6. The van der Waals surface area contributed by atoms with E-state index in [2.05, 4.69) is 15.3 Å². The fraction of sp³-hybridized carbons (Fsp3) is 0.227. The maximum Gasteiger partial charge on any atom is 0.255 e. The van der Waals surface area contributed by atoms with Gasteiger partial charge in [-0.3, -0.25) is 4.79 Å². The third-order valence-electron chi connectivity index (χ3n) is 4.70. The summed E-state index contributed by atoms with van der Waals surface area (Å²) in [6, 6.07) is 11.9. The van der Waals surface area contributed by atoms with E-state index >= 15 is 0 Å². The van der Waals surface area contributed by atoms with Crippen LogP contribution in [0.4, 0.5) is 27.3 Å². The lowest BCUT2D eigenvalue weighted by Crippen LogP contribution is -2.36. The Balaban J connectivity index is 0.000000269. The fourth-order valence-corrected chi connectivity index (χ4v) is 3.08. The summed E-state index contributed by atoms with van der Waals surface area (Å²) in [6.07, 6.45) is 1.26. The number of aromatic nitrogens is 2. The zero-order valence-electron chi connectivity index (χ0n) is 17.5. The monoisotopic (exact) mass is 458 g/mol. The van der Waals surface area contributed by atoms with Gasteiger partial charge in [-0.25, -0.2) is 14.4 Å². The molecule has 1 saturated heterocycles. The van der Waals surface area contributed by atoms with Crippen molar-refractivity contribution >= 4 is 40.4 Å². The molecule has 0 spiro atoms. The Labute approximate surface area is 190 Å². The molecule has 8 nitrogen and oxygen atoms in total. The van der Waals surface area contributed by atoms with Crippen LogP contribution in [0.2, 0.25) is 5.15 Å². The number of halogens is 2. The number of carbonyl (C=O) groups excluding carboxylic acids is 1. The third-order valence-corrected chi connectivity index (χ3v) is 5.00. The van der Waals surface area contributed by atoms with Crippen molar-refractivity contribution in [2.75, 3.05) is 48.0 Å². The average Bonchev–Trinajstić information content (AvgIpc) is 2.79. The molecule has 0 saturated carbocycles. The third kappa shape index (κ3) is 6.29. The molecule has 32 heavy (non-hydrogen) atoms. The molecule has 1 aromatic heterocycles. The van der Waals surface area contributed by atoms with Gasteiger partial charge in [-0.2, -0.15) is 0 Å². The minimum absolute atomic E-state index is 0.197. The van der Waals surface area contributed by atoms with E-state index in [4.69, 9.17) is 27.8 Å². The van der Waals surface area contributed by atoms with Crippen molar-refractivity contribution in [2.24, 2.45) is 0 Å². The van der Waals surface area contributed by atoms with Crippen LogP contribution in [0.15, 0.2) is 48.8 Å². The van der Waals surface area contributed by atoms with E-state index in [0.717, 1.165) is 5.56 Å². The van der Waals surface area contributed by atoms with E-state index in [1.807, 2.05) is 36.1 Å². The molecule has 0 unspecified atom stereocenters. The standard InChI is InChI=1S/C18H19FN2O2.C4H5ClN4/c1-13-2-4-16(5-3-13)20-18(22)14-10-15(19)12-17(11-14)21-6-8-23-9-7-21;5-3-2(6)4(7)9-1-8-3/h2-5,10-12H,6-9H2,1H3,(H,20,22);1H,6H2,(H2,7,8,9). The number of morpholine rings is 1. The first-order valence-electron chi connectivity index (χ1n) is 9.86. The maximum atomic E-state index is 13.9. The molecule has 1 fully saturated rings. The number of rotatable bonds is 3. The number of anilines is 4. The molecule has 168 valence electrons. The van der Waals surface area contributed by atoms with Crippen molar-refractivity contribution in [3.8, 4) is 0 Å². The number of nitrogens with one attached hydrogen (secondary N) is 1. The molecule has 5 N–H and O–H groups in total. The van der Waals surface area contributed by atoms with Gasteiger partial charge in [-0.15, -0.1) is 0 Å². The number of aryl methyl sites for hydroxylation is 1. The van der Waals surface area contributed by atoms with Gasteiger partial charge in [0.05, 0.1) is 13.2 Å². The number of nitrogens with two attached hydrogens (primary N) is 2. The number of carbonyl (C=O) groups is 1.